The molecule has 0 saturated heterocycles. The predicted octanol–water partition coefficient (Wildman–Crippen LogP) is 0.759. The van der Waals surface area contributed by atoms with Crippen molar-refractivity contribution in [2.75, 3.05) is 0 Å². The van der Waals surface area contributed by atoms with Gasteiger partial charge in [0.1, 0.15) is 5.70 Å². The van der Waals surface area contributed by atoms with Crippen LogP contribution in [0.25, 0.3) is 0 Å². The molecule has 0 aromatic rings. The van der Waals surface area contributed by atoms with E-state index in [9.17, 15) is 0 Å². The second-order valence-electron chi connectivity index (χ2n) is 1.15. The van der Waals surface area contributed by atoms with Crippen molar-refractivity contribution in [3.63, 3.8) is 0 Å². The van der Waals surface area contributed by atoms with E-state index in [0.29, 0.717) is 5.70 Å². The van der Waals surface area contributed by atoms with Crippen molar-refractivity contribution in [3.05, 3.63) is 17.8 Å². The van der Waals surface area contributed by atoms with Gasteiger partial charge in [0.25, 0.3) is 0 Å². The minimum absolute atomic E-state index is 0.597. The van der Waals surface area contributed by atoms with Crippen molar-refractivity contribution in [2.24, 2.45) is 4.99 Å². The van der Waals surface area contributed by atoms with Crippen LogP contribution in [0.3, 0.4) is 0 Å². The molecule has 0 aromatic carbocycles. The van der Waals surface area contributed by atoms with Gasteiger partial charge in [-0.3, -0.25) is 5.41 Å². The molecule has 0 saturated carbocycles. The Morgan fingerprint density at radius 3 is 2.86 bits per heavy atom. The number of hydrogen-bond donors (Lipinski definition) is 1. The van der Waals surface area contributed by atoms with Gasteiger partial charge in [0.05, 0.1) is 0 Å². The van der Waals surface area contributed by atoms with Crippen LogP contribution in [0, 0.1) is 5.41 Å². The molecule has 1 aliphatic heterocycles. The summed E-state index contributed by atoms with van der Waals surface area (Å²) < 4.78 is 0. The highest BCUT2D eigenvalue weighted by Crippen LogP contribution is 1.96. The van der Waals surface area contributed by atoms with Gasteiger partial charge in [0, 0.05) is 12.1 Å². The Labute approximate surface area is 41.4 Å². The quantitative estimate of drug-likeness (QED) is 0.428. The zero-order valence-corrected chi connectivity index (χ0v) is 3.68. The molecule has 0 spiro atoms. The van der Waals surface area contributed by atoms with E-state index >= 15 is 0 Å². The summed E-state index contributed by atoms with van der Waals surface area (Å²) in [5.74, 6) is 2.15. The molecular weight excluding hydrogens is 88.1 g/mol. The number of allylic oxidation sites excluding steroid dienone is 2. The van der Waals surface area contributed by atoms with Crippen LogP contribution in [0.2, 0.25) is 0 Å². The van der Waals surface area contributed by atoms with Crippen molar-refractivity contribution in [1.29, 1.82) is 5.41 Å². The topological polar surface area (TPSA) is 36.2 Å². The molecule has 0 aliphatic carbocycles. The third kappa shape index (κ3) is 0.643. The normalized spacial score (nSPS) is 15.1. The number of hydrogen-bond acceptors (Lipinski definition) is 2. The molecule has 0 unspecified atom stereocenters. The van der Waals surface area contributed by atoms with E-state index in [1.807, 2.05) is 0 Å². The first-order chi connectivity index (χ1) is 3.43. The molecular formula is C5H4N2. The predicted molar refractivity (Wildman–Crippen MR) is 28.9 cm³/mol. The van der Waals surface area contributed by atoms with Gasteiger partial charge in [-0.2, -0.15) is 0 Å². The molecule has 0 amide bonds. The van der Waals surface area contributed by atoms with Crippen molar-refractivity contribution in [2.45, 2.75) is 0 Å². The van der Waals surface area contributed by atoms with E-state index in [1.54, 1.807) is 18.4 Å². The highest BCUT2D eigenvalue weighted by Gasteiger charge is 1.86. The highest BCUT2D eigenvalue weighted by atomic mass is 14.7. The van der Waals surface area contributed by atoms with Crippen LogP contribution >= 0.6 is 0 Å². The van der Waals surface area contributed by atoms with Gasteiger partial charge in [0.15, 0.2) is 0 Å². The first-order valence-corrected chi connectivity index (χ1v) is 1.94. The fraction of sp³-hybridized carbons (Fsp3) is 0. The Morgan fingerprint density at radius 2 is 2.57 bits per heavy atom. The number of aliphatic imine (C=N–C) groups is 1. The van der Waals surface area contributed by atoms with E-state index in [2.05, 4.69) is 10.9 Å². The molecule has 0 radical (unpaired) electrons. The lowest BCUT2D eigenvalue weighted by Gasteiger charge is -1.70. The minimum atomic E-state index is 0.597. The maximum Gasteiger partial charge on any atom is 0.123 e. The fourth-order valence-electron chi connectivity index (χ4n) is 0.374. The van der Waals surface area contributed by atoms with Gasteiger partial charge < -0.3 is 0 Å². The van der Waals surface area contributed by atoms with Gasteiger partial charge in [0.2, 0.25) is 0 Å². The van der Waals surface area contributed by atoms with E-state index in [1.165, 1.54) is 0 Å². The Kier molecular flexibility index (Phi) is 0.886. The van der Waals surface area contributed by atoms with Crippen molar-refractivity contribution < 1.29 is 0 Å². The monoisotopic (exact) mass is 92.0 g/mol. The van der Waals surface area contributed by atoms with Gasteiger partial charge in [-0.15, -0.1) is 0 Å². The van der Waals surface area contributed by atoms with Crippen molar-refractivity contribution >= 4 is 12.1 Å². The van der Waals surface area contributed by atoms with Crippen molar-refractivity contribution in [3.8, 4) is 0 Å². The van der Waals surface area contributed by atoms with Crippen LogP contribution in [0.1, 0.15) is 0 Å². The van der Waals surface area contributed by atoms with E-state index in [4.69, 9.17) is 5.41 Å². The molecule has 1 aliphatic rings. The molecule has 2 nitrogen and oxygen atoms in total. The molecule has 1 heterocycles. The van der Waals surface area contributed by atoms with Crippen molar-refractivity contribution in [1.82, 2.24) is 0 Å². The van der Waals surface area contributed by atoms with E-state index in [0.717, 1.165) is 0 Å². The second-order valence-corrected chi connectivity index (χ2v) is 1.15. The highest BCUT2D eigenvalue weighted by molar-refractivity contribution is 5.81. The molecule has 34 valence electrons. The van der Waals surface area contributed by atoms with E-state index < -0.39 is 0 Å². The number of nitrogens with zero attached hydrogens (tertiary/aromatic N) is 1. The summed E-state index contributed by atoms with van der Waals surface area (Å²) in [6.45, 7) is 0. The van der Waals surface area contributed by atoms with Gasteiger partial charge in [-0.1, -0.05) is 0 Å². The second kappa shape index (κ2) is 1.54. The Balaban J connectivity index is 3.00. The molecule has 2 heteroatoms. The SMILES string of the molecule is N=C=C1C=CC=N1. The third-order valence-corrected chi connectivity index (χ3v) is 0.682. The smallest absolute Gasteiger partial charge is 0.123 e. The molecule has 1 N–H and O–H groups in total. The van der Waals surface area contributed by atoms with Gasteiger partial charge in [-0.05, 0) is 12.2 Å². The first-order valence-electron chi connectivity index (χ1n) is 1.94. The van der Waals surface area contributed by atoms with Crippen LogP contribution in [0.5, 0.6) is 0 Å². The van der Waals surface area contributed by atoms with Crippen LogP contribution in [0.4, 0.5) is 0 Å². The van der Waals surface area contributed by atoms with Gasteiger partial charge >= 0.3 is 0 Å². The summed E-state index contributed by atoms with van der Waals surface area (Å²) in [4.78, 5) is 3.74. The largest absolute Gasteiger partial charge is 0.257 e. The lowest BCUT2D eigenvalue weighted by Crippen LogP contribution is -1.61. The average molecular weight is 92.1 g/mol. The Hall–Kier alpha value is -1.14. The summed E-state index contributed by atoms with van der Waals surface area (Å²) >= 11 is 0. The van der Waals surface area contributed by atoms with Gasteiger partial charge in [-0.25, -0.2) is 4.99 Å². The molecule has 0 aromatic heterocycles. The fourth-order valence-corrected chi connectivity index (χ4v) is 0.374. The summed E-state index contributed by atoms with van der Waals surface area (Å²) in [6.07, 6.45) is 5.14. The number of nitrogens with one attached hydrogen (secondary N) is 1. The lowest BCUT2D eigenvalue weighted by molar-refractivity contribution is 1.48. The third-order valence-electron chi connectivity index (χ3n) is 0.682. The Morgan fingerprint density at radius 1 is 1.71 bits per heavy atom. The van der Waals surface area contributed by atoms with E-state index in [-0.39, 0.29) is 0 Å². The first kappa shape index (κ1) is 4.03. The lowest BCUT2D eigenvalue weighted by atomic mass is 10.5. The molecule has 7 heavy (non-hydrogen) atoms. The summed E-state index contributed by atoms with van der Waals surface area (Å²) in [5.41, 5.74) is 0.597. The van der Waals surface area contributed by atoms with Crippen LogP contribution in [0.15, 0.2) is 22.8 Å². The zero-order valence-electron chi connectivity index (χ0n) is 3.68. The zero-order chi connectivity index (χ0) is 5.11. The Bertz CT molecular complexity index is 157. The maximum atomic E-state index is 6.55. The summed E-state index contributed by atoms with van der Waals surface area (Å²) in [5, 5.41) is 6.55. The summed E-state index contributed by atoms with van der Waals surface area (Å²) in [6, 6.07) is 0. The standard InChI is InChI=1S/C5H4N2/c6-4-5-2-1-3-7-5/h1-3,6H. The van der Waals surface area contributed by atoms with Crippen LogP contribution < -0.4 is 0 Å². The van der Waals surface area contributed by atoms with Crippen LogP contribution in [-0.2, 0) is 0 Å². The molecule has 0 atom stereocenters. The minimum Gasteiger partial charge on any atom is -0.257 e. The molecule has 1 rings (SSSR count). The number of rotatable bonds is 0. The molecule has 0 fully saturated rings. The summed E-state index contributed by atoms with van der Waals surface area (Å²) in [7, 11) is 0. The maximum absolute atomic E-state index is 6.55. The average Bonchev–Trinajstić information content (AvgIpc) is 2.14. The van der Waals surface area contributed by atoms with Crippen LogP contribution in [-0.4, -0.2) is 12.1 Å². The molecule has 0 bridgehead atoms.